The van der Waals surface area contributed by atoms with E-state index in [2.05, 4.69) is 12.1 Å². The normalized spacial score (nSPS) is 18.5. The van der Waals surface area contributed by atoms with E-state index in [1.807, 2.05) is 18.2 Å². The fourth-order valence-corrected chi connectivity index (χ4v) is 3.37. The zero-order valence-electron chi connectivity index (χ0n) is 12.0. The maximum Gasteiger partial charge on any atom is 0.308 e. The summed E-state index contributed by atoms with van der Waals surface area (Å²) in [4.78, 5) is 26.0. The number of carboxylic acids is 1. The fourth-order valence-electron chi connectivity index (χ4n) is 2.49. The van der Waals surface area contributed by atoms with Crippen molar-refractivity contribution in [1.29, 1.82) is 0 Å². The van der Waals surface area contributed by atoms with Crippen molar-refractivity contribution in [1.82, 2.24) is 4.90 Å². The van der Waals surface area contributed by atoms with Gasteiger partial charge in [0, 0.05) is 24.4 Å². The summed E-state index contributed by atoms with van der Waals surface area (Å²) in [5, 5.41) is 9.04. The quantitative estimate of drug-likeness (QED) is 0.648. The molecule has 1 atom stereocenters. The molecule has 1 saturated heterocycles. The molecule has 1 aromatic carbocycles. The molecule has 1 aromatic rings. The minimum Gasteiger partial charge on any atom is -0.481 e. The predicted octanol–water partition coefficient (Wildman–Crippen LogP) is 2.88. The highest BCUT2D eigenvalue weighted by molar-refractivity contribution is 7.99. The number of likely N-dealkylation sites (tertiary alicyclic amines) is 1. The molecule has 0 aromatic heterocycles. The summed E-state index contributed by atoms with van der Waals surface area (Å²) in [5.74, 6) is -0.172. The van der Waals surface area contributed by atoms with E-state index in [1.165, 1.54) is 4.90 Å². The Hall–Kier alpha value is -1.49. The zero-order valence-corrected chi connectivity index (χ0v) is 12.8. The number of carbonyl (C=O) groups is 2. The molecule has 0 aliphatic carbocycles. The van der Waals surface area contributed by atoms with Crippen molar-refractivity contribution in [2.24, 2.45) is 5.92 Å². The first kappa shape index (κ1) is 15.9. The van der Waals surface area contributed by atoms with Crippen LogP contribution in [0.25, 0.3) is 0 Å². The second-order valence-corrected chi connectivity index (χ2v) is 6.45. The van der Waals surface area contributed by atoms with Crippen molar-refractivity contribution in [3.63, 3.8) is 0 Å². The van der Waals surface area contributed by atoms with Crippen LogP contribution in [0.2, 0.25) is 0 Å². The number of hydrogen-bond acceptors (Lipinski definition) is 3. The van der Waals surface area contributed by atoms with Gasteiger partial charge >= 0.3 is 5.97 Å². The number of aliphatic carboxylic acids is 1. The molecule has 0 saturated carbocycles. The van der Waals surface area contributed by atoms with Crippen LogP contribution in [-0.2, 0) is 9.59 Å². The number of amides is 1. The molecule has 0 radical (unpaired) electrons. The molecule has 114 valence electrons. The minimum atomic E-state index is -0.785. The maximum atomic E-state index is 12.1. The molecule has 1 aliphatic rings. The number of rotatable bonds is 6. The standard InChI is InChI=1S/C16H21NO3S/c18-15(17-10-4-6-13(12-17)16(19)20)9-5-11-21-14-7-2-1-3-8-14/h1-3,7-8,13H,4-6,9-12H2,(H,19,20). The van der Waals surface area contributed by atoms with Crippen molar-refractivity contribution < 1.29 is 14.7 Å². The van der Waals surface area contributed by atoms with Gasteiger partial charge in [-0.1, -0.05) is 18.2 Å². The smallest absolute Gasteiger partial charge is 0.308 e. The Morgan fingerprint density at radius 1 is 1.29 bits per heavy atom. The van der Waals surface area contributed by atoms with Crippen LogP contribution in [-0.4, -0.2) is 40.7 Å². The largest absolute Gasteiger partial charge is 0.481 e. The summed E-state index contributed by atoms with van der Waals surface area (Å²) < 4.78 is 0. The van der Waals surface area contributed by atoms with E-state index in [9.17, 15) is 9.59 Å². The molecule has 0 spiro atoms. The highest BCUT2D eigenvalue weighted by Gasteiger charge is 2.27. The SMILES string of the molecule is O=C(O)C1CCCN(C(=O)CCCSc2ccccc2)C1. The second kappa shape index (κ2) is 8.08. The number of nitrogens with zero attached hydrogens (tertiary/aromatic N) is 1. The molecule has 1 unspecified atom stereocenters. The average molecular weight is 307 g/mol. The first-order chi connectivity index (χ1) is 10.2. The van der Waals surface area contributed by atoms with Crippen molar-refractivity contribution in [2.45, 2.75) is 30.6 Å². The van der Waals surface area contributed by atoms with E-state index >= 15 is 0 Å². The Kier molecular flexibility index (Phi) is 6.11. The van der Waals surface area contributed by atoms with E-state index in [0.717, 1.165) is 18.6 Å². The van der Waals surface area contributed by atoms with Crippen LogP contribution in [0.15, 0.2) is 35.2 Å². The lowest BCUT2D eigenvalue weighted by Crippen LogP contribution is -2.42. The van der Waals surface area contributed by atoms with Crippen LogP contribution >= 0.6 is 11.8 Å². The van der Waals surface area contributed by atoms with Crippen molar-refractivity contribution in [3.8, 4) is 0 Å². The fraction of sp³-hybridized carbons (Fsp3) is 0.500. The van der Waals surface area contributed by atoms with Gasteiger partial charge in [0.25, 0.3) is 0 Å². The van der Waals surface area contributed by atoms with E-state index < -0.39 is 5.97 Å². The Morgan fingerprint density at radius 3 is 2.76 bits per heavy atom. The van der Waals surface area contributed by atoms with Gasteiger partial charge in [-0.2, -0.15) is 0 Å². The van der Waals surface area contributed by atoms with Gasteiger partial charge in [0.2, 0.25) is 5.91 Å². The molecule has 1 N–H and O–H groups in total. The molecular weight excluding hydrogens is 286 g/mol. The van der Waals surface area contributed by atoms with Crippen LogP contribution < -0.4 is 0 Å². The highest BCUT2D eigenvalue weighted by atomic mass is 32.2. The first-order valence-electron chi connectivity index (χ1n) is 7.35. The Labute approximate surface area is 129 Å². The predicted molar refractivity (Wildman–Crippen MR) is 83.3 cm³/mol. The second-order valence-electron chi connectivity index (χ2n) is 5.28. The molecule has 1 heterocycles. The van der Waals surface area contributed by atoms with Gasteiger partial charge in [-0.25, -0.2) is 0 Å². The Bertz CT molecular complexity index is 478. The third-order valence-corrected chi connectivity index (χ3v) is 4.77. The lowest BCUT2D eigenvalue weighted by atomic mass is 9.98. The molecule has 2 rings (SSSR count). The summed E-state index contributed by atoms with van der Waals surface area (Å²) in [5.41, 5.74) is 0. The van der Waals surface area contributed by atoms with Crippen LogP contribution in [0.1, 0.15) is 25.7 Å². The topological polar surface area (TPSA) is 57.6 Å². The summed E-state index contributed by atoms with van der Waals surface area (Å²) in [7, 11) is 0. The number of hydrogen-bond donors (Lipinski definition) is 1. The van der Waals surface area contributed by atoms with Gasteiger partial charge in [0.05, 0.1) is 5.92 Å². The van der Waals surface area contributed by atoms with E-state index in [-0.39, 0.29) is 11.8 Å². The Morgan fingerprint density at radius 2 is 2.05 bits per heavy atom. The molecule has 1 amide bonds. The molecular formula is C16H21NO3S. The average Bonchev–Trinajstić information content (AvgIpc) is 2.52. The van der Waals surface area contributed by atoms with Gasteiger partial charge in [-0.3, -0.25) is 9.59 Å². The first-order valence-corrected chi connectivity index (χ1v) is 8.34. The number of carbonyl (C=O) groups excluding carboxylic acids is 1. The van der Waals surface area contributed by atoms with E-state index in [0.29, 0.717) is 25.9 Å². The van der Waals surface area contributed by atoms with E-state index in [1.54, 1.807) is 16.7 Å². The van der Waals surface area contributed by atoms with Crippen LogP contribution in [0.4, 0.5) is 0 Å². The Balaban J connectivity index is 1.68. The van der Waals surface area contributed by atoms with Crippen LogP contribution in [0, 0.1) is 5.92 Å². The van der Waals surface area contributed by atoms with Gasteiger partial charge in [0.15, 0.2) is 0 Å². The lowest BCUT2D eigenvalue weighted by Gasteiger charge is -2.30. The number of carboxylic acid groups (broad SMARTS) is 1. The molecule has 5 heteroatoms. The summed E-state index contributed by atoms with van der Waals surface area (Å²) in [6, 6.07) is 10.1. The van der Waals surface area contributed by atoms with Crippen LogP contribution in [0.5, 0.6) is 0 Å². The van der Waals surface area contributed by atoms with Gasteiger partial charge in [-0.05, 0) is 37.1 Å². The number of benzene rings is 1. The van der Waals surface area contributed by atoms with E-state index in [4.69, 9.17) is 5.11 Å². The summed E-state index contributed by atoms with van der Waals surface area (Å²) in [6.07, 6.45) is 2.81. The molecule has 4 nitrogen and oxygen atoms in total. The molecule has 1 aliphatic heterocycles. The van der Waals surface area contributed by atoms with Crippen molar-refractivity contribution in [2.75, 3.05) is 18.8 Å². The molecule has 1 fully saturated rings. The molecule has 0 bridgehead atoms. The monoisotopic (exact) mass is 307 g/mol. The summed E-state index contributed by atoms with van der Waals surface area (Å²) in [6.45, 7) is 1.08. The van der Waals surface area contributed by atoms with Gasteiger partial charge in [0.1, 0.15) is 0 Å². The lowest BCUT2D eigenvalue weighted by molar-refractivity contribution is -0.145. The zero-order chi connectivity index (χ0) is 15.1. The molecule has 21 heavy (non-hydrogen) atoms. The maximum absolute atomic E-state index is 12.1. The van der Waals surface area contributed by atoms with Gasteiger partial charge in [-0.15, -0.1) is 11.8 Å². The number of thioether (sulfide) groups is 1. The summed E-state index contributed by atoms with van der Waals surface area (Å²) >= 11 is 1.75. The van der Waals surface area contributed by atoms with Gasteiger partial charge < -0.3 is 10.0 Å². The third-order valence-electron chi connectivity index (χ3n) is 3.67. The minimum absolute atomic E-state index is 0.0922. The van der Waals surface area contributed by atoms with Crippen molar-refractivity contribution >= 4 is 23.6 Å². The highest BCUT2D eigenvalue weighted by Crippen LogP contribution is 2.20. The third kappa shape index (κ3) is 5.08. The van der Waals surface area contributed by atoms with Crippen LogP contribution in [0.3, 0.4) is 0 Å². The van der Waals surface area contributed by atoms with Crippen molar-refractivity contribution in [3.05, 3.63) is 30.3 Å². The number of piperidine rings is 1.